The molecule has 0 saturated heterocycles. The number of hydrogen-bond acceptors (Lipinski definition) is 4. The number of nitrogens with one attached hydrogen (secondary N) is 1. The highest BCUT2D eigenvalue weighted by Gasteiger charge is 2.17. The number of rotatable bonds is 6. The zero-order chi connectivity index (χ0) is 22.8. The minimum atomic E-state index is -0.0948. The lowest BCUT2D eigenvalue weighted by atomic mass is 9.91. The summed E-state index contributed by atoms with van der Waals surface area (Å²) in [7, 11) is 2.02. The lowest BCUT2D eigenvalue weighted by Crippen LogP contribution is -2.20. The van der Waals surface area contributed by atoms with Crippen molar-refractivity contribution in [1.29, 1.82) is 0 Å². The Hall–Kier alpha value is -2.73. The van der Waals surface area contributed by atoms with E-state index in [-0.39, 0.29) is 11.0 Å². The van der Waals surface area contributed by atoms with Gasteiger partial charge >= 0.3 is 0 Å². The van der Waals surface area contributed by atoms with Crippen molar-refractivity contribution in [3.8, 4) is 11.3 Å². The molecule has 0 radical (unpaired) electrons. The van der Waals surface area contributed by atoms with Crippen LogP contribution >= 0.6 is 11.3 Å². The second-order valence-corrected chi connectivity index (χ2v) is 9.99. The van der Waals surface area contributed by atoms with Gasteiger partial charge in [-0.05, 0) is 55.7 Å². The summed E-state index contributed by atoms with van der Waals surface area (Å²) in [5.74, 6) is 0. The average molecular weight is 437 g/mol. The van der Waals surface area contributed by atoms with Crippen molar-refractivity contribution >= 4 is 23.4 Å². The van der Waals surface area contributed by atoms with E-state index in [1.165, 1.54) is 11.1 Å². The zero-order valence-corrected chi connectivity index (χ0v) is 20.4. The fourth-order valence-corrected chi connectivity index (χ4v) is 4.04. The summed E-state index contributed by atoms with van der Waals surface area (Å²) < 4.78 is 0. The molecule has 3 aromatic rings. The second-order valence-electron chi connectivity index (χ2n) is 9.05. The molecule has 1 aromatic carbocycles. The van der Waals surface area contributed by atoms with Gasteiger partial charge in [0, 0.05) is 36.5 Å². The first kappa shape index (κ1) is 22.9. The van der Waals surface area contributed by atoms with Crippen molar-refractivity contribution in [2.45, 2.75) is 53.4 Å². The normalized spacial score (nSPS) is 12.0. The standard InChI is InChI=1S/C25H32N4OS/c1-8-29(7)15-26-20-12-16(2)18(11-17(20)3)13-23-27-21(14-31-23)19-9-10-22(25(4,5)6)28-24(19)30/h9-12,14-15H,8,13H2,1-7H3,(H,28,30)/b26-15+. The minimum Gasteiger partial charge on any atom is -0.366 e. The van der Waals surface area contributed by atoms with E-state index in [9.17, 15) is 4.79 Å². The molecular formula is C25H32N4OS. The Kier molecular flexibility index (Phi) is 6.80. The first-order valence-electron chi connectivity index (χ1n) is 10.6. The topological polar surface area (TPSA) is 61.4 Å². The molecular weight excluding hydrogens is 404 g/mol. The maximum atomic E-state index is 12.6. The van der Waals surface area contributed by atoms with Gasteiger partial charge in [-0.15, -0.1) is 11.3 Å². The number of pyridine rings is 1. The lowest BCUT2D eigenvalue weighted by Gasteiger charge is -2.18. The van der Waals surface area contributed by atoms with E-state index in [4.69, 9.17) is 4.98 Å². The Morgan fingerprint density at radius 2 is 1.94 bits per heavy atom. The molecule has 1 N–H and O–H groups in total. The van der Waals surface area contributed by atoms with E-state index in [0.29, 0.717) is 5.56 Å². The number of aliphatic imine (C=N–C) groups is 1. The SMILES string of the molecule is CCN(C)/C=N/c1cc(C)c(Cc2nc(-c3ccc(C(C)(C)C)[nH]c3=O)cs2)cc1C. The van der Waals surface area contributed by atoms with Crippen molar-refractivity contribution < 1.29 is 0 Å². The number of aryl methyl sites for hydroxylation is 2. The number of aromatic amines is 1. The fraction of sp³-hybridized carbons (Fsp3) is 0.400. The van der Waals surface area contributed by atoms with Crippen LogP contribution < -0.4 is 5.56 Å². The minimum absolute atomic E-state index is 0.0874. The van der Waals surface area contributed by atoms with Crippen LogP contribution in [0.1, 0.15) is 55.1 Å². The van der Waals surface area contributed by atoms with Gasteiger partial charge in [0.15, 0.2) is 0 Å². The summed E-state index contributed by atoms with van der Waals surface area (Å²) in [6.45, 7) is 13.5. The number of H-pyrrole nitrogens is 1. The van der Waals surface area contributed by atoms with E-state index in [1.807, 2.05) is 30.9 Å². The highest BCUT2D eigenvalue weighted by Crippen LogP contribution is 2.27. The van der Waals surface area contributed by atoms with Gasteiger partial charge in [-0.1, -0.05) is 26.8 Å². The summed E-state index contributed by atoms with van der Waals surface area (Å²) in [4.78, 5) is 27.0. The molecule has 5 nitrogen and oxygen atoms in total. The van der Waals surface area contributed by atoms with Crippen LogP contribution in [0.25, 0.3) is 11.3 Å². The van der Waals surface area contributed by atoms with Crippen LogP contribution in [0.2, 0.25) is 0 Å². The fourth-order valence-electron chi connectivity index (χ4n) is 3.22. The molecule has 2 heterocycles. The molecule has 31 heavy (non-hydrogen) atoms. The third-order valence-electron chi connectivity index (χ3n) is 5.43. The lowest BCUT2D eigenvalue weighted by molar-refractivity contribution is 0.552. The van der Waals surface area contributed by atoms with Crippen LogP contribution in [0.4, 0.5) is 5.69 Å². The molecule has 3 rings (SSSR count). The summed E-state index contributed by atoms with van der Waals surface area (Å²) in [6.07, 6.45) is 2.62. The van der Waals surface area contributed by atoms with Crippen molar-refractivity contribution in [3.63, 3.8) is 0 Å². The zero-order valence-electron chi connectivity index (χ0n) is 19.5. The molecule has 6 heteroatoms. The van der Waals surface area contributed by atoms with E-state index in [2.05, 4.69) is 68.6 Å². The molecule has 0 bridgehead atoms. The molecule has 0 atom stereocenters. The van der Waals surface area contributed by atoms with Gasteiger partial charge in [0.2, 0.25) is 0 Å². The average Bonchev–Trinajstić information content (AvgIpc) is 3.16. The third-order valence-corrected chi connectivity index (χ3v) is 6.28. The van der Waals surface area contributed by atoms with Crippen LogP contribution in [0.5, 0.6) is 0 Å². The Morgan fingerprint density at radius 3 is 2.58 bits per heavy atom. The summed E-state index contributed by atoms with van der Waals surface area (Å²) >= 11 is 1.59. The Balaban J connectivity index is 1.82. The molecule has 0 spiro atoms. The second kappa shape index (κ2) is 9.18. The molecule has 0 aliphatic heterocycles. The van der Waals surface area contributed by atoms with E-state index in [1.54, 1.807) is 11.3 Å². The van der Waals surface area contributed by atoms with Crippen molar-refractivity contribution in [1.82, 2.24) is 14.9 Å². The van der Waals surface area contributed by atoms with Gasteiger partial charge < -0.3 is 9.88 Å². The predicted molar refractivity (Wildman–Crippen MR) is 132 cm³/mol. The van der Waals surface area contributed by atoms with Gasteiger partial charge in [0.05, 0.1) is 28.3 Å². The number of aromatic nitrogens is 2. The number of thiazole rings is 1. The molecule has 0 saturated carbocycles. The molecule has 164 valence electrons. The summed E-state index contributed by atoms with van der Waals surface area (Å²) in [6, 6.07) is 8.20. The van der Waals surface area contributed by atoms with Gasteiger partial charge in [-0.25, -0.2) is 9.98 Å². The predicted octanol–water partition coefficient (Wildman–Crippen LogP) is 5.62. The smallest absolute Gasteiger partial charge is 0.257 e. The number of benzene rings is 1. The Labute approximate surface area is 188 Å². The first-order valence-corrected chi connectivity index (χ1v) is 11.5. The van der Waals surface area contributed by atoms with Crippen molar-refractivity contribution in [3.05, 3.63) is 67.4 Å². The van der Waals surface area contributed by atoms with Crippen LogP contribution in [0.15, 0.2) is 39.4 Å². The Bertz CT molecular complexity index is 1150. The molecule has 0 fully saturated rings. The van der Waals surface area contributed by atoms with Crippen molar-refractivity contribution in [2.24, 2.45) is 4.99 Å². The van der Waals surface area contributed by atoms with Gasteiger partial charge in [-0.2, -0.15) is 0 Å². The maximum absolute atomic E-state index is 12.6. The van der Waals surface area contributed by atoms with Gasteiger partial charge in [0.1, 0.15) is 0 Å². The number of hydrogen-bond donors (Lipinski definition) is 1. The molecule has 0 aliphatic rings. The highest BCUT2D eigenvalue weighted by molar-refractivity contribution is 7.10. The van der Waals surface area contributed by atoms with Gasteiger partial charge in [-0.3, -0.25) is 4.79 Å². The van der Waals surface area contributed by atoms with Crippen LogP contribution in [0, 0.1) is 13.8 Å². The summed E-state index contributed by atoms with van der Waals surface area (Å²) in [5.41, 5.74) is 6.67. The van der Waals surface area contributed by atoms with E-state index in [0.717, 1.165) is 40.6 Å². The van der Waals surface area contributed by atoms with Crippen molar-refractivity contribution in [2.75, 3.05) is 13.6 Å². The number of nitrogens with zero attached hydrogens (tertiary/aromatic N) is 3. The van der Waals surface area contributed by atoms with Crippen LogP contribution in [-0.2, 0) is 11.8 Å². The van der Waals surface area contributed by atoms with Crippen LogP contribution in [0.3, 0.4) is 0 Å². The first-order chi connectivity index (χ1) is 14.6. The molecule has 0 unspecified atom stereocenters. The highest BCUT2D eigenvalue weighted by atomic mass is 32.1. The summed E-state index contributed by atoms with van der Waals surface area (Å²) in [5, 5.41) is 2.97. The molecule has 2 aromatic heterocycles. The quantitative estimate of drug-likeness (QED) is 0.403. The Morgan fingerprint density at radius 1 is 1.19 bits per heavy atom. The molecule has 0 aliphatic carbocycles. The maximum Gasteiger partial charge on any atom is 0.257 e. The largest absolute Gasteiger partial charge is 0.366 e. The third kappa shape index (κ3) is 5.50. The van der Waals surface area contributed by atoms with Crippen LogP contribution in [-0.4, -0.2) is 34.8 Å². The van der Waals surface area contributed by atoms with E-state index < -0.39 is 0 Å². The van der Waals surface area contributed by atoms with E-state index >= 15 is 0 Å². The molecule has 0 amide bonds. The monoisotopic (exact) mass is 436 g/mol. The van der Waals surface area contributed by atoms with Gasteiger partial charge in [0.25, 0.3) is 5.56 Å².